The number of aromatic amines is 1. The molecule has 0 spiro atoms. The number of rotatable bonds is 4. The Morgan fingerprint density at radius 3 is 2.48 bits per heavy atom. The van der Waals surface area contributed by atoms with Gasteiger partial charge in [-0.05, 0) is 47.0 Å². The zero-order valence-corrected chi connectivity index (χ0v) is 13.8. The average Bonchev–Trinajstić information content (AvgIpc) is 2.23. The van der Waals surface area contributed by atoms with Crippen LogP contribution in [0.5, 0.6) is 0 Å². The summed E-state index contributed by atoms with van der Waals surface area (Å²) in [6.07, 6.45) is 3.82. The molecule has 2 rings (SSSR count). The Balaban J connectivity index is 2.15. The summed E-state index contributed by atoms with van der Waals surface area (Å²) in [5, 5.41) is 7.08. The molecule has 1 aromatic rings. The molecule has 2 heterocycles. The Morgan fingerprint density at radius 2 is 1.90 bits per heavy atom. The zero-order valence-electron chi connectivity index (χ0n) is 13.8. The van der Waals surface area contributed by atoms with Crippen LogP contribution in [0, 0.1) is 0 Å². The van der Waals surface area contributed by atoms with Gasteiger partial charge in [-0.15, -0.1) is 0 Å². The van der Waals surface area contributed by atoms with Crippen molar-refractivity contribution in [2.75, 3.05) is 5.32 Å². The topological polar surface area (TPSA) is 69.8 Å². The Bertz CT molecular complexity index is 531. The highest BCUT2D eigenvalue weighted by atomic mass is 16.1. The van der Waals surface area contributed by atoms with Gasteiger partial charge in [0.05, 0.1) is 0 Å². The molecule has 0 amide bonds. The summed E-state index contributed by atoms with van der Waals surface area (Å²) in [6, 6.07) is 1.89. The number of nitrogens with one attached hydrogen (secondary N) is 3. The first-order valence-corrected chi connectivity index (χ1v) is 7.85. The maximum atomic E-state index is 11.7. The number of nitrogens with zero attached hydrogens (tertiary/aromatic N) is 1. The van der Waals surface area contributed by atoms with Crippen LogP contribution in [0.25, 0.3) is 0 Å². The molecule has 21 heavy (non-hydrogen) atoms. The van der Waals surface area contributed by atoms with E-state index < -0.39 is 0 Å². The van der Waals surface area contributed by atoms with E-state index in [4.69, 9.17) is 0 Å². The molecule has 118 valence electrons. The molecular weight excluding hydrogens is 264 g/mol. The minimum absolute atomic E-state index is 0.0702. The van der Waals surface area contributed by atoms with Crippen molar-refractivity contribution in [2.45, 2.75) is 77.4 Å². The van der Waals surface area contributed by atoms with Crippen LogP contribution in [-0.4, -0.2) is 27.1 Å². The van der Waals surface area contributed by atoms with Gasteiger partial charge >= 0.3 is 0 Å². The first-order valence-electron chi connectivity index (χ1n) is 7.85. The third-order valence-corrected chi connectivity index (χ3v) is 3.83. The van der Waals surface area contributed by atoms with E-state index in [-0.39, 0.29) is 16.6 Å². The maximum absolute atomic E-state index is 11.7. The lowest BCUT2D eigenvalue weighted by Crippen LogP contribution is -2.60. The smallest absolute Gasteiger partial charge is 0.252 e. The number of H-pyrrole nitrogens is 1. The molecule has 1 aromatic heterocycles. The van der Waals surface area contributed by atoms with E-state index >= 15 is 0 Å². The zero-order chi connectivity index (χ0) is 15.7. The van der Waals surface area contributed by atoms with Gasteiger partial charge in [0.2, 0.25) is 5.95 Å². The minimum atomic E-state index is -0.0802. The summed E-state index contributed by atoms with van der Waals surface area (Å²) in [5.41, 5.74) is 0.918. The summed E-state index contributed by atoms with van der Waals surface area (Å²) in [6.45, 7) is 10.9. The van der Waals surface area contributed by atoms with Crippen molar-refractivity contribution in [3.63, 3.8) is 0 Å². The fourth-order valence-electron chi connectivity index (χ4n) is 3.58. The lowest BCUT2D eigenvalue weighted by molar-refractivity contribution is 0.170. The van der Waals surface area contributed by atoms with Crippen LogP contribution in [0.2, 0.25) is 0 Å². The second-order valence-electron chi connectivity index (χ2n) is 7.48. The van der Waals surface area contributed by atoms with Gasteiger partial charge in [-0.25, -0.2) is 4.98 Å². The SMILES string of the molecule is CCCc1cc(=O)[nH]c(NC2CC(C)(C)NC(C)(C)C2)n1. The van der Waals surface area contributed by atoms with E-state index in [9.17, 15) is 4.79 Å². The van der Waals surface area contributed by atoms with Crippen LogP contribution >= 0.6 is 0 Å². The van der Waals surface area contributed by atoms with E-state index in [1.54, 1.807) is 6.07 Å². The summed E-state index contributed by atoms with van der Waals surface area (Å²) < 4.78 is 0. The number of hydrogen-bond acceptors (Lipinski definition) is 4. The Morgan fingerprint density at radius 1 is 1.29 bits per heavy atom. The van der Waals surface area contributed by atoms with Gasteiger partial charge in [0.25, 0.3) is 5.56 Å². The van der Waals surface area contributed by atoms with Crippen molar-refractivity contribution in [1.29, 1.82) is 0 Å². The summed E-state index contributed by atoms with van der Waals surface area (Å²) >= 11 is 0. The lowest BCUT2D eigenvalue weighted by Gasteiger charge is -2.46. The van der Waals surface area contributed by atoms with Crippen LogP contribution in [0.1, 0.15) is 59.6 Å². The second-order valence-corrected chi connectivity index (χ2v) is 7.48. The van der Waals surface area contributed by atoms with Crippen LogP contribution in [0.4, 0.5) is 5.95 Å². The normalized spacial score (nSPS) is 21.2. The standard InChI is InChI=1S/C16H28N4O/c1-6-7-11-8-13(21)19-14(17-11)18-12-9-15(2,3)20-16(4,5)10-12/h8,12,20H,6-7,9-10H2,1-5H3,(H2,17,18,19,21). The van der Waals surface area contributed by atoms with Gasteiger partial charge in [0.1, 0.15) is 0 Å². The molecular formula is C16H28N4O. The highest BCUT2D eigenvalue weighted by Crippen LogP contribution is 2.29. The van der Waals surface area contributed by atoms with Crippen molar-refractivity contribution in [2.24, 2.45) is 0 Å². The van der Waals surface area contributed by atoms with Gasteiger partial charge in [0, 0.05) is 28.9 Å². The second kappa shape index (κ2) is 5.79. The Hall–Kier alpha value is -1.36. The largest absolute Gasteiger partial charge is 0.353 e. The maximum Gasteiger partial charge on any atom is 0.252 e. The molecule has 0 radical (unpaired) electrons. The first-order chi connectivity index (χ1) is 9.69. The molecule has 0 aliphatic carbocycles. The Labute approximate surface area is 127 Å². The van der Waals surface area contributed by atoms with E-state index in [0.717, 1.165) is 31.4 Å². The number of aromatic nitrogens is 2. The van der Waals surface area contributed by atoms with Gasteiger partial charge < -0.3 is 10.6 Å². The molecule has 0 saturated carbocycles. The van der Waals surface area contributed by atoms with Crippen LogP contribution in [0.15, 0.2) is 10.9 Å². The molecule has 0 unspecified atom stereocenters. The van der Waals surface area contributed by atoms with Gasteiger partial charge in [0.15, 0.2) is 0 Å². The third kappa shape index (κ3) is 4.56. The molecule has 1 fully saturated rings. The molecule has 0 aromatic carbocycles. The van der Waals surface area contributed by atoms with Crippen LogP contribution in [0.3, 0.4) is 0 Å². The predicted molar refractivity (Wildman–Crippen MR) is 86.8 cm³/mol. The minimum Gasteiger partial charge on any atom is -0.353 e. The highest BCUT2D eigenvalue weighted by Gasteiger charge is 2.37. The van der Waals surface area contributed by atoms with Crippen molar-refractivity contribution in [3.8, 4) is 0 Å². The third-order valence-electron chi connectivity index (χ3n) is 3.83. The summed E-state index contributed by atoms with van der Waals surface area (Å²) in [7, 11) is 0. The highest BCUT2D eigenvalue weighted by molar-refractivity contribution is 5.28. The molecule has 5 nitrogen and oxygen atoms in total. The predicted octanol–water partition coefficient (Wildman–Crippen LogP) is 2.44. The summed E-state index contributed by atoms with van der Waals surface area (Å²) in [5.74, 6) is 0.601. The quantitative estimate of drug-likeness (QED) is 0.797. The number of piperidine rings is 1. The molecule has 1 saturated heterocycles. The van der Waals surface area contributed by atoms with Crippen molar-refractivity contribution < 1.29 is 0 Å². The number of anilines is 1. The molecule has 1 aliphatic heterocycles. The fourth-order valence-corrected chi connectivity index (χ4v) is 3.58. The fraction of sp³-hybridized carbons (Fsp3) is 0.750. The molecule has 0 atom stereocenters. The summed E-state index contributed by atoms with van der Waals surface area (Å²) in [4.78, 5) is 19.1. The van der Waals surface area contributed by atoms with Crippen LogP contribution in [-0.2, 0) is 6.42 Å². The van der Waals surface area contributed by atoms with E-state index in [2.05, 4.69) is 55.2 Å². The molecule has 5 heteroatoms. The van der Waals surface area contributed by atoms with E-state index in [0.29, 0.717) is 12.0 Å². The lowest BCUT2D eigenvalue weighted by atomic mass is 9.80. The van der Waals surface area contributed by atoms with Crippen molar-refractivity contribution in [1.82, 2.24) is 15.3 Å². The molecule has 3 N–H and O–H groups in total. The first kappa shape index (κ1) is 16.0. The number of hydrogen-bond donors (Lipinski definition) is 3. The van der Waals surface area contributed by atoms with Crippen molar-refractivity contribution >= 4 is 5.95 Å². The van der Waals surface area contributed by atoms with Gasteiger partial charge in [-0.3, -0.25) is 9.78 Å². The van der Waals surface area contributed by atoms with E-state index in [1.807, 2.05) is 0 Å². The Kier molecular flexibility index (Phi) is 4.42. The molecule has 0 bridgehead atoms. The average molecular weight is 292 g/mol. The monoisotopic (exact) mass is 292 g/mol. The van der Waals surface area contributed by atoms with Gasteiger partial charge in [-0.1, -0.05) is 13.3 Å². The van der Waals surface area contributed by atoms with Crippen LogP contribution < -0.4 is 16.2 Å². The van der Waals surface area contributed by atoms with Crippen molar-refractivity contribution in [3.05, 3.63) is 22.1 Å². The molecule has 1 aliphatic rings. The van der Waals surface area contributed by atoms with Gasteiger partial charge in [-0.2, -0.15) is 0 Å². The number of aryl methyl sites for hydroxylation is 1. The van der Waals surface area contributed by atoms with E-state index in [1.165, 1.54) is 0 Å².